The van der Waals surface area contributed by atoms with E-state index in [-0.39, 0.29) is 24.3 Å². The second kappa shape index (κ2) is 10.1. The summed E-state index contributed by atoms with van der Waals surface area (Å²) in [6.45, 7) is 5.88. The Labute approximate surface area is 181 Å². The van der Waals surface area contributed by atoms with Crippen LogP contribution in [0.2, 0.25) is 0 Å². The molecule has 2 aromatic carbocycles. The number of ether oxygens (including phenoxy) is 1. The van der Waals surface area contributed by atoms with Crippen LogP contribution in [0.5, 0.6) is 5.75 Å². The predicted molar refractivity (Wildman–Crippen MR) is 116 cm³/mol. The molecule has 1 heterocycles. The number of nitrogens with one attached hydrogen (secondary N) is 1. The molecule has 1 fully saturated rings. The van der Waals surface area contributed by atoms with Crippen molar-refractivity contribution in [3.63, 3.8) is 0 Å². The van der Waals surface area contributed by atoms with E-state index < -0.39 is 6.11 Å². The summed E-state index contributed by atoms with van der Waals surface area (Å²) in [7, 11) is 0. The lowest BCUT2D eigenvalue weighted by atomic mass is 10.1. The number of rotatable bonds is 8. The van der Waals surface area contributed by atoms with E-state index in [4.69, 9.17) is 0 Å². The van der Waals surface area contributed by atoms with Gasteiger partial charge in [-0.1, -0.05) is 17.7 Å². The highest BCUT2D eigenvalue weighted by Gasteiger charge is 2.25. The summed E-state index contributed by atoms with van der Waals surface area (Å²) < 4.78 is 30.5. The molecular formula is C23H29F2N3O3. The number of aliphatic hydroxyl groups excluding tert-OH is 1. The van der Waals surface area contributed by atoms with Crippen LogP contribution in [0.1, 0.15) is 22.8 Å². The number of anilines is 1. The smallest absolute Gasteiger partial charge is 0.394 e. The van der Waals surface area contributed by atoms with Crippen molar-refractivity contribution < 1.29 is 23.4 Å². The fraction of sp³-hybridized carbons (Fsp3) is 0.435. The number of nitrogens with zero attached hydrogens (tertiary/aromatic N) is 2. The van der Waals surface area contributed by atoms with Crippen LogP contribution in [0.4, 0.5) is 14.5 Å². The zero-order valence-corrected chi connectivity index (χ0v) is 17.9. The quantitative estimate of drug-likeness (QED) is 0.670. The Bertz CT molecular complexity index is 846. The average Bonchev–Trinajstić information content (AvgIpc) is 2.74. The molecule has 1 atom stereocenters. The fourth-order valence-electron chi connectivity index (χ4n) is 3.60. The van der Waals surface area contributed by atoms with E-state index in [9.17, 15) is 18.7 Å². The molecule has 0 saturated carbocycles. The molecular weight excluding hydrogens is 404 g/mol. The monoisotopic (exact) mass is 433 g/mol. The Kier molecular flexibility index (Phi) is 7.46. The van der Waals surface area contributed by atoms with Crippen molar-refractivity contribution in [1.82, 2.24) is 10.2 Å². The Morgan fingerprint density at radius 2 is 1.71 bits per heavy atom. The molecule has 3 rings (SSSR count). The predicted octanol–water partition coefficient (Wildman–Crippen LogP) is 2.90. The van der Waals surface area contributed by atoms with Crippen LogP contribution in [0.15, 0.2) is 48.5 Å². The van der Waals surface area contributed by atoms with Crippen molar-refractivity contribution in [2.45, 2.75) is 26.0 Å². The molecule has 1 aliphatic rings. The second-order valence-electron chi connectivity index (χ2n) is 7.84. The second-order valence-corrected chi connectivity index (χ2v) is 7.84. The van der Waals surface area contributed by atoms with Crippen molar-refractivity contribution in [1.29, 1.82) is 0 Å². The van der Waals surface area contributed by atoms with Gasteiger partial charge in [0.15, 0.2) is 0 Å². The molecule has 8 heteroatoms. The Morgan fingerprint density at radius 3 is 2.26 bits per heavy atom. The van der Waals surface area contributed by atoms with Gasteiger partial charge in [-0.2, -0.15) is 8.78 Å². The first kappa shape index (κ1) is 23.0. The first-order chi connectivity index (χ1) is 14.7. The van der Waals surface area contributed by atoms with Crippen LogP contribution in [0.3, 0.4) is 0 Å². The van der Waals surface area contributed by atoms with Crippen molar-refractivity contribution in [3.8, 4) is 5.75 Å². The lowest BCUT2D eigenvalue weighted by molar-refractivity contribution is -0.158. The van der Waals surface area contributed by atoms with Gasteiger partial charge in [0.05, 0.1) is 12.6 Å². The number of aryl methyl sites for hydroxylation is 1. The van der Waals surface area contributed by atoms with Crippen molar-refractivity contribution in [2.75, 3.05) is 44.2 Å². The average molecular weight is 433 g/mol. The minimum atomic E-state index is -3.21. The van der Waals surface area contributed by atoms with E-state index in [0.29, 0.717) is 19.0 Å². The maximum Gasteiger partial charge on any atom is 0.394 e. The highest BCUT2D eigenvalue weighted by Crippen LogP contribution is 2.25. The number of carbonyl (C=O) groups is 1. The van der Waals surface area contributed by atoms with Gasteiger partial charge in [0, 0.05) is 50.9 Å². The number of piperazine rings is 1. The number of hydrogen-bond donors (Lipinski definition) is 2. The normalized spacial score (nSPS) is 16.1. The van der Waals surface area contributed by atoms with Crippen molar-refractivity contribution >= 4 is 11.6 Å². The first-order valence-electron chi connectivity index (χ1n) is 10.4. The Hall–Kier alpha value is -2.71. The highest BCUT2D eigenvalue weighted by atomic mass is 19.3. The molecule has 168 valence electrons. The molecule has 2 aromatic rings. The fourth-order valence-corrected chi connectivity index (χ4v) is 3.60. The standard InChI is InChI=1S/C23H29F2N3O3/c1-17-3-5-18(6-4-17)22(30)26-15-20(16-29)28-13-11-27(12-14-28)19-7-9-21(10-8-19)31-23(2,24)25/h3-10,20,29H,11-16H2,1-2H3,(H,26,30). The zero-order chi connectivity index (χ0) is 22.4. The molecule has 2 N–H and O–H groups in total. The molecule has 31 heavy (non-hydrogen) atoms. The molecule has 0 bridgehead atoms. The van der Waals surface area contributed by atoms with E-state index in [1.165, 1.54) is 12.1 Å². The van der Waals surface area contributed by atoms with Gasteiger partial charge in [-0.15, -0.1) is 0 Å². The van der Waals surface area contributed by atoms with Crippen molar-refractivity contribution in [2.24, 2.45) is 0 Å². The third kappa shape index (κ3) is 6.63. The number of carbonyl (C=O) groups excluding carboxylic acids is 1. The molecule has 1 aliphatic heterocycles. The summed E-state index contributed by atoms with van der Waals surface area (Å²) in [5.74, 6) is -0.0309. The lowest BCUT2D eigenvalue weighted by Gasteiger charge is -2.39. The molecule has 1 saturated heterocycles. The minimum absolute atomic E-state index is 0.0502. The molecule has 0 radical (unpaired) electrons. The number of alkyl halides is 2. The largest absolute Gasteiger partial charge is 0.433 e. The topological polar surface area (TPSA) is 65.0 Å². The molecule has 0 aromatic heterocycles. The number of aliphatic hydroxyl groups is 1. The van der Waals surface area contributed by atoms with Gasteiger partial charge in [0.1, 0.15) is 5.75 Å². The van der Waals surface area contributed by atoms with Gasteiger partial charge in [-0.05, 0) is 43.3 Å². The summed E-state index contributed by atoms with van der Waals surface area (Å²) in [5.41, 5.74) is 2.62. The first-order valence-corrected chi connectivity index (χ1v) is 10.4. The maximum absolute atomic E-state index is 13.0. The number of halogens is 2. The van der Waals surface area contributed by atoms with Crippen LogP contribution >= 0.6 is 0 Å². The minimum Gasteiger partial charge on any atom is -0.433 e. The highest BCUT2D eigenvalue weighted by molar-refractivity contribution is 5.94. The van der Waals surface area contributed by atoms with E-state index in [1.54, 1.807) is 24.3 Å². The summed E-state index contributed by atoms with van der Waals surface area (Å²) >= 11 is 0. The Morgan fingerprint density at radius 1 is 1.10 bits per heavy atom. The van der Waals surface area contributed by atoms with Gasteiger partial charge in [-0.3, -0.25) is 9.69 Å². The third-order valence-corrected chi connectivity index (χ3v) is 5.35. The number of amides is 1. The summed E-state index contributed by atoms with van der Waals surface area (Å²) in [6, 6.07) is 13.8. The zero-order valence-electron chi connectivity index (χ0n) is 17.9. The molecule has 1 amide bonds. The van der Waals surface area contributed by atoms with Crippen LogP contribution in [-0.2, 0) is 0 Å². The molecule has 6 nitrogen and oxygen atoms in total. The Balaban J connectivity index is 1.49. The van der Waals surface area contributed by atoms with E-state index in [2.05, 4.69) is 19.9 Å². The number of benzene rings is 2. The van der Waals surface area contributed by atoms with Crippen LogP contribution in [-0.4, -0.2) is 67.4 Å². The summed E-state index contributed by atoms with van der Waals surface area (Å²) in [6.07, 6.45) is -3.21. The lowest BCUT2D eigenvalue weighted by Crippen LogP contribution is -2.54. The van der Waals surface area contributed by atoms with E-state index in [1.807, 2.05) is 19.1 Å². The SMILES string of the molecule is Cc1ccc(C(=O)NCC(CO)N2CCN(c3ccc(OC(C)(F)F)cc3)CC2)cc1. The van der Waals surface area contributed by atoms with Crippen molar-refractivity contribution in [3.05, 3.63) is 59.7 Å². The van der Waals surface area contributed by atoms with Gasteiger partial charge >= 0.3 is 6.11 Å². The number of hydrogen-bond acceptors (Lipinski definition) is 5. The van der Waals surface area contributed by atoms with Crippen LogP contribution in [0, 0.1) is 6.92 Å². The van der Waals surface area contributed by atoms with Gasteiger partial charge in [0.2, 0.25) is 0 Å². The van der Waals surface area contributed by atoms with Gasteiger partial charge < -0.3 is 20.1 Å². The van der Waals surface area contributed by atoms with Crippen LogP contribution in [0.25, 0.3) is 0 Å². The van der Waals surface area contributed by atoms with Crippen LogP contribution < -0.4 is 15.0 Å². The van der Waals surface area contributed by atoms with Gasteiger partial charge in [-0.25, -0.2) is 0 Å². The summed E-state index contributed by atoms with van der Waals surface area (Å²) in [5, 5.41) is 12.7. The third-order valence-electron chi connectivity index (χ3n) is 5.35. The maximum atomic E-state index is 13.0. The molecule has 1 unspecified atom stereocenters. The van der Waals surface area contributed by atoms with E-state index in [0.717, 1.165) is 37.4 Å². The molecule has 0 aliphatic carbocycles. The van der Waals surface area contributed by atoms with Gasteiger partial charge in [0.25, 0.3) is 5.91 Å². The van der Waals surface area contributed by atoms with E-state index >= 15 is 0 Å². The molecule has 0 spiro atoms. The summed E-state index contributed by atoms with van der Waals surface area (Å²) in [4.78, 5) is 16.6.